The average molecular weight is 790 g/mol. The number of furan rings is 1. The van der Waals surface area contributed by atoms with E-state index in [-0.39, 0.29) is 0 Å². The highest BCUT2D eigenvalue weighted by Gasteiger charge is 2.25. The van der Waals surface area contributed by atoms with Gasteiger partial charge in [0.1, 0.15) is 11.2 Å². The van der Waals surface area contributed by atoms with Gasteiger partial charge in [-0.15, -0.1) is 0 Å². The van der Waals surface area contributed by atoms with Crippen LogP contribution in [0.25, 0.3) is 98.8 Å². The molecule has 12 rings (SSSR count). The zero-order valence-corrected chi connectivity index (χ0v) is 33.9. The number of anilines is 3. The van der Waals surface area contributed by atoms with Crippen LogP contribution in [0, 0.1) is 0 Å². The molecule has 0 radical (unpaired) electrons. The van der Waals surface area contributed by atoms with Crippen LogP contribution in [0.1, 0.15) is 0 Å². The largest absolute Gasteiger partial charge is 0.455 e. The van der Waals surface area contributed by atoms with Crippen molar-refractivity contribution in [1.29, 1.82) is 0 Å². The van der Waals surface area contributed by atoms with E-state index in [0.717, 1.165) is 61.3 Å². The Morgan fingerprint density at radius 2 is 0.871 bits per heavy atom. The Labute approximate surface area is 360 Å². The first-order chi connectivity index (χ1) is 30.8. The predicted octanol–water partition coefficient (Wildman–Crippen LogP) is 17.2. The second-order valence-electron chi connectivity index (χ2n) is 16.0. The predicted molar refractivity (Wildman–Crippen MR) is 263 cm³/mol. The van der Waals surface area contributed by atoms with Crippen LogP contribution in [0.4, 0.5) is 17.1 Å². The number of hydrogen-bond donors (Lipinski definition) is 0. The molecule has 0 atom stereocenters. The summed E-state index contributed by atoms with van der Waals surface area (Å²) in [6.45, 7) is 0. The maximum atomic E-state index is 6.97. The van der Waals surface area contributed by atoms with Gasteiger partial charge >= 0.3 is 0 Å². The molecule has 12 aromatic rings. The molecule has 0 aliphatic rings. The smallest absolute Gasteiger partial charge is 0.145 e. The lowest BCUT2D eigenvalue weighted by Crippen LogP contribution is -2.12. The summed E-state index contributed by atoms with van der Waals surface area (Å²) in [5.74, 6) is 0. The van der Waals surface area contributed by atoms with Gasteiger partial charge in [0.15, 0.2) is 0 Å². The summed E-state index contributed by atoms with van der Waals surface area (Å²) in [5.41, 5.74) is 14.2. The first kappa shape index (κ1) is 35.7. The lowest BCUT2D eigenvalue weighted by Gasteiger charge is -2.29. The van der Waals surface area contributed by atoms with Crippen LogP contribution in [0.3, 0.4) is 0 Å². The van der Waals surface area contributed by atoms with E-state index in [9.17, 15) is 0 Å². The van der Waals surface area contributed by atoms with Crippen LogP contribution in [0.15, 0.2) is 241 Å². The van der Waals surface area contributed by atoms with Crippen LogP contribution < -0.4 is 4.90 Å². The summed E-state index contributed by atoms with van der Waals surface area (Å²) in [4.78, 5) is 2.45. The van der Waals surface area contributed by atoms with Crippen LogP contribution in [-0.2, 0) is 0 Å². The topological polar surface area (TPSA) is 16.4 Å². The molecule has 0 saturated heterocycles. The molecule has 0 fully saturated rings. The summed E-state index contributed by atoms with van der Waals surface area (Å²) in [7, 11) is 0. The van der Waals surface area contributed by atoms with Crippen molar-refractivity contribution in [2.24, 2.45) is 0 Å². The maximum Gasteiger partial charge on any atom is 0.145 e. The van der Waals surface area contributed by atoms with E-state index in [2.05, 4.69) is 241 Å². The van der Waals surface area contributed by atoms with E-state index in [0.29, 0.717) is 0 Å². The van der Waals surface area contributed by atoms with Crippen molar-refractivity contribution in [3.8, 4) is 44.5 Å². The molecule has 0 unspecified atom stereocenters. The first-order valence-electron chi connectivity index (χ1n) is 21.3. The van der Waals surface area contributed by atoms with Crippen molar-refractivity contribution < 1.29 is 4.42 Å². The number of nitrogens with zero attached hydrogens (tertiary/aromatic N) is 1. The molecular formula is C60H39NO. The molecule has 11 aromatic carbocycles. The Bertz CT molecular complexity index is 3630. The molecule has 0 aliphatic carbocycles. The molecule has 0 saturated carbocycles. The van der Waals surface area contributed by atoms with E-state index in [1.54, 1.807) is 0 Å². The second-order valence-corrected chi connectivity index (χ2v) is 16.0. The van der Waals surface area contributed by atoms with Crippen LogP contribution >= 0.6 is 0 Å². The van der Waals surface area contributed by atoms with Crippen molar-refractivity contribution in [3.05, 3.63) is 237 Å². The van der Waals surface area contributed by atoms with Gasteiger partial charge in [0.2, 0.25) is 0 Å². The quantitative estimate of drug-likeness (QED) is 0.150. The Hall–Kier alpha value is -8.20. The lowest BCUT2D eigenvalue weighted by atomic mass is 9.91. The molecule has 62 heavy (non-hydrogen) atoms. The van der Waals surface area contributed by atoms with Gasteiger partial charge in [-0.3, -0.25) is 0 Å². The second kappa shape index (κ2) is 14.8. The van der Waals surface area contributed by atoms with Gasteiger partial charge in [-0.1, -0.05) is 188 Å². The zero-order chi connectivity index (χ0) is 41.0. The highest BCUT2D eigenvalue weighted by atomic mass is 16.3. The molecule has 1 aromatic heterocycles. The third-order valence-corrected chi connectivity index (χ3v) is 12.5. The molecule has 2 heteroatoms. The molecule has 2 nitrogen and oxygen atoms in total. The minimum Gasteiger partial charge on any atom is -0.455 e. The molecule has 0 N–H and O–H groups in total. The van der Waals surface area contributed by atoms with Crippen LogP contribution in [-0.4, -0.2) is 0 Å². The number of fused-ring (bicyclic) bond motifs is 7. The van der Waals surface area contributed by atoms with Crippen molar-refractivity contribution in [1.82, 2.24) is 0 Å². The number of rotatable bonds is 7. The number of hydrogen-bond acceptors (Lipinski definition) is 2. The van der Waals surface area contributed by atoms with E-state index in [1.165, 1.54) is 54.6 Å². The molecule has 0 bridgehead atoms. The molecule has 0 aliphatic heterocycles. The average Bonchev–Trinajstić information content (AvgIpc) is 3.75. The monoisotopic (exact) mass is 789 g/mol. The number of benzene rings is 11. The van der Waals surface area contributed by atoms with Crippen molar-refractivity contribution in [2.75, 3.05) is 4.90 Å². The Morgan fingerprint density at radius 1 is 0.290 bits per heavy atom. The van der Waals surface area contributed by atoms with Gasteiger partial charge < -0.3 is 9.32 Å². The van der Waals surface area contributed by atoms with Gasteiger partial charge in [-0.2, -0.15) is 0 Å². The van der Waals surface area contributed by atoms with Crippen LogP contribution in [0.2, 0.25) is 0 Å². The minimum absolute atomic E-state index is 0.860. The van der Waals surface area contributed by atoms with Gasteiger partial charge in [0.05, 0.1) is 16.8 Å². The van der Waals surface area contributed by atoms with Gasteiger partial charge in [0, 0.05) is 22.2 Å². The summed E-state index contributed by atoms with van der Waals surface area (Å²) in [5, 5.41) is 9.48. The minimum atomic E-state index is 0.860. The van der Waals surface area contributed by atoms with Crippen molar-refractivity contribution >= 4 is 71.3 Å². The van der Waals surface area contributed by atoms with E-state index in [4.69, 9.17) is 4.42 Å². The van der Waals surface area contributed by atoms with Crippen LogP contribution in [0.5, 0.6) is 0 Å². The molecule has 1 heterocycles. The van der Waals surface area contributed by atoms with Gasteiger partial charge in [0.25, 0.3) is 0 Å². The maximum absolute atomic E-state index is 6.97. The third kappa shape index (κ3) is 5.96. The fourth-order valence-corrected chi connectivity index (χ4v) is 9.56. The summed E-state index contributed by atoms with van der Waals surface area (Å²) in [6.07, 6.45) is 0. The lowest BCUT2D eigenvalue weighted by molar-refractivity contribution is 0.670. The zero-order valence-electron chi connectivity index (χ0n) is 33.9. The van der Waals surface area contributed by atoms with E-state index >= 15 is 0 Å². The Morgan fingerprint density at radius 3 is 1.69 bits per heavy atom. The van der Waals surface area contributed by atoms with E-state index in [1.807, 2.05) is 0 Å². The number of para-hydroxylation sites is 2. The van der Waals surface area contributed by atoms with Gasteiger partial charge in [-0.25, -0.2) is 0 Å². The summed E-state index contributed by atoms with van der Waals surface area (Å²) >= 11 is 0. The molecular weight excluding hydrogens is 751 g/mol. The van der Waals surface area contributed by atoms with Crippen molar-refractivity contribution in [3.63, 3.8) is 0 Å². The Kier molecular flexibility index (Phi) is 8.53. The molecule has 0 spiro atoms. The highest BCUT2D eigenvalue weighted by Crippen LogP contribution is 2.50. The highest BCUT2D eigenvalue weighted by molar-refractivity contribution is 6.20. The standard InChI is InChI=1S/C60H39NO/c1-2-16-40(17-3-1)43-21-14-22-44(38-43)41-32-34-46(35-33-41)61(56-30-12-10-27-52(56)55-39-45-19-5-7-24-48(45)49-25-8-9-26-51(49)55)57-37-36-53(50-29-15-20-42-18-4-6-23-47(42)50)60-59(57)54-28-11-13-31-58(54)62-60/h1-39H. The Balaban J connectivity index is 1.11. The van der Waals surface area contributed by atoms with Crippen molar-refractivity contribution in [2.45, 2.75) is 0 Å². The molecule has 0 amide bonds. The third-order valence-electron chi connectivity index (χ3n) is 12.5. The SMILES string of the molecule is c1ccc(-c2cccc(-c3ccc(N(c4ccccc4-c4cc5ccccc5c5ccccc45)c4ccc(-c5cccc6ccccc56)c5oc6ccccc6c45)cc3)c2)cc1. The fourth-order valence-electron chi connectivity index (χ4n) is 9.56. The fraction of sp³-hybridized carbons (Fsp3) is 0. The normalized spacial score (nSPS) is 11.5. The summed E-state index contributed by atoms with van der Waals surface area (Å²) < 4.78 is 6.97. The first-order valence-corrected chi connectivity index (χ1v) is 21.3. The molecule has 290 valence electrons. The van der Waals surface area contributed by atoms with E-state index < -0.39 is 0 Å². The summed E-state index contributed by atoms with van der Waals surface area (Å²) in [6, 6.07) is 85.4. The van der Waals surface area contributed by atoms with Gasteiger partial charge in [-0.05, 0) is 114 Å².